The van der Waals surface area contributed by atoms with Gasteiger partial charge in [-0.3, -0.25) is 19.3 Å². The third-order valence-electron chi connectivity index (χ3n) is 4.82. The van der Waals surface area contributed by atoms with Gasteiger partial charge in [0.2, 0.25) is 5.88 Å². The zero-order valence-corrected chi connectivity index (χ0v) is 15.6. The van der Waals surface area contributed by atoms with Crippen LogP contribution in [0.3, 0.4) is 0 Å². The van der Waals surface area contributed by atoms with Crippen molar-refractivity contribution >= 4 is 35.3 Å². The Hall–Kier alpha value is -3.20. The van der Waals surface area contributed by atoms with Crippen molar-refractivity contribution in [1.82, 2.24) is 14.5 Å². The van der Waals surface area contributed by atoms with Crippen LogP contribution >= 0.6 is 12.2 Å². The second-order valence-corrected chi connectivity index (χ2v) is 7.18. The van der Waals surface area contributed by atoms with Gasteiger partial charge < -0.3 is 15.2 Å². The van der Waals surface area contributed by atoms with E-state index in [4.69, 9.17) is 12.2 Å². The van der Waals surface area contributed by atoms with Gasteiger partial charge in [-0.2, -0.15) is 0 Å². The lowest BCUT2D eigenvalue weighted by Crippen LogP contribution is -2.23. The van der Waals surface area contributed by atoms with Gasteiger partial charge in [-0.15, -0.1) is 0 Å². The van der Waals surface area contributed by atoms with E-state index in [0.29, 0.717) is 0 Å². The highest BCUT2D eigenvalue weighted by Crippen LogP contribution is 2.37. The molecule has 1 fully saturated rings. The lowest BCUT2D eigenvalue weighted by Gasteiger charge is -2.10. The zero-order valence-electron chi connectivity index (χ0n) is 14.8. The average Bonchev–Trinajstić information content (AvgIpc) is 3.40. The van der Waals surface area contributed by atoms with Gasteiger partial charge in [0.1, 0.15) is 5.56 Å². The minimum absolute atomic E-state index is 0.0537. The Kier molecular flexibility index (Phi) is 4.60. The molecule has 144 valence electrons. The Labute approximate surface area is 164 Å². The van der Waals surface area contributed by atoms with Crippen LogP contribution in [-0.2, 0) is 11.2 Å². The van der Waals surface area contributed by atoms with Crippen molar-refractivity contribution in [2.45, 2.75) is 31.3 Å². The number of H-pyrrole nitrogens is 2. The molecule has 0 amide bonds. The molecule has 1 aliphatic carbocycles. The molecule has 8 nitrogen and oxygen atoms in total. The SMILES string of the molecule is O=C(O)[C@@H](Cc1c[nH]c2ccccc12)N=Cc1c(O)n(C2CC2)c(=S)[nH]c1=O. The van der Waals surface area contributed by atoms with E-state index in [1.54, 1.807) is 6.20 Å². The molecule has 0 saturated heterocycles. The van der Waals surface area contributed by atoms with Crippen LogP contribution in [0.15, 0.2) is 40.2 Å². The van der Waals surface area contributed by atoms with E-state index in [1.807, 2.05) is 24.3 Å². The molecule has 28 heavy (non-hydrogen) atoms. The second kappa shape index (κ2) is 7.08. The van der Waals surface area contributed by atoms with Gasteiger partial charge in [0, 0.05) is 35.8 Å². The standard InChI is InChI=1S/C19H18N4O4S/c24-16-13(17(25)23(11-5-6-11)19(28)22-16)9-21-15(18(26)27)7-10-8-20-14-4-2-1-3-12(10)14/h1-4,8-9,11,15,20,25H,5-7H2,(H,26,27)(H,22,24,28)/t15-/m1/s1. The van der Waals surface area contributed by atoms with Crippen LogP contribution in [0, 0.1) is 4.77 Å². The number of rotatable bonds is 6. The number of carboxylic acids is 1. The lowest BCUT2D eigenvalue weighted by molar-refractivity contribution is -0.138. The van der Waals surface area contributed by atoms with E-state index in [9.17, 15) is 19.8 Å². The molecule has 4 N–H and O–H groups in total. The fraction of sp³-hybridized carbons (Fsp3) is 0.263. The molecular weight excluding hydrogens is 380 g/mol. The monoisotopic (exact) mass is 398 g/mol. The molecule has 0 spiro atoms. The molecule has 9 heteroatoms. The van der Waals surface area contributed by atoms with E-state index < -0.39 is 17.6 Å². The summed E-state index contributed by atoms with van der Waals surface area (Å²) < 4.78 is 1.63. The van der Waals surface area contributed by atoms with Crippen molar-refractivity contribution < 1.29 is 15.0 Å². The third kappa shape index (κ3) is 3.36. The summed E-state index contributed by atoms with van der Waals surface area (Å²) in [6, 6.07) is 6.53. The van der Waals surface area contributed by atoms with E-state index in [2.05, 4.69) is 15.0 Å². The Morgan fingerprint density at radius 2 is 2.14 bits per heavy atom. The van der Waals surface area contributed by atoms with Crippen LogP contribution in [-0.4, -0.2) is 43.0 Å². The summed E-state index contributed by atoms with van der Waals surface area (Å²) in [5.41, 5.74) is 1.03. The van der Waals surface area contributed by atoms with Crippen LogP contribution in [0.4, 0.5) is 0 Å². The number of benzene rings is 1. The number of nitrogens with zero attached hydrogens (tertiary/aromatic N) is 2. The molecule has 1 aromatic carbocycles. The summed E-state index contributed by atoms with van der Waals surface area (Å²) in [4.78, 5) is 33.6. The number of nitrogens with one attached hydrogen (secondary N) is 2. The number of aliphatic carboxylic acids is 1. The second-order valence-electron chi connectivity index (χ2n) is 6.79. The molecule has 1 atom stereocenters. The normalized spacial score (nSPS) is 15.3. The fourth-order valence-corrected chi connectivity index (χ4v) is 3.55. The van der Waals surface area contributed by atoms with Gasteiger partial charge in [0.25, 0.3) is 5.56 Å². The highest BCUT2D eigenvalue weighted by molar-refractivity contribution is 7.71. The fourth-order valence-electron chi connectivity index (χ4n) is 3.22. The van der Waals surface area contributed by atoms with Gasteiger partial charge in [-0.05, 0) is 36.7 Å². The van der Waals surface area contributed by atoms with Crippen molar-refractivity contribution in [2.24, 2.45) is 4.99 Å². The number of carboxylic acid groups (broad SMARTS) is 1. The highest BCUT2D eigenvalue weighted by atomic mass is 32.1. The van der Waals surface area contributed by atoms with Crippen LogP contribution < -0.4 is 5.56 Å². The Morgan fingerprint density at radius 1 is 1.39 bits per heavy atom. The predicted molar refractivity (Wildman–Crippen MR) is 107 cm³/mol. The van der Waals surface area contributed by atoms with E-state index >= 15 is 0 Å². The van der Waals surface area contributed by atoms with Gasteiger partial charge >= 0.3 is 5.97 Å². The van der Waals surface area contributed by atoms with Gasteiger partial charge in [0.05, 0.1) is 0 Å². The number of carbonyl (C=O) groups is 1. The minimum atomic E-state index is -1.12. The molecule has 2 aromatic heterocycles. The summed E-state index contributed by atoms with van der Waals surface area (Å²) >= 11 is 5.11. The predicted octanol–water partition coefficient (Wildman–Crippen LogP) is 2.54. The van der Waals surface area contributed by atoms with E-state index in [0.717, 1.165) is 35.5 Å². The van der Waals surface area contributed by atoms with E-state index in [1.165, 1.54) is 4.57 Å². The van der Waals surface area contributed by atoms with Crippen molar-refractivity contribution in [3.05, 3.63) is 56.7 Å². The highest BCUT2D eigenvalue weighted by Gasteiger charge is 2.28. The van der Waals surface area contributed by atoms with Crippen LogP contribution in [0.25, 0.3) is 10.9 Å². The quantitative estimate of drug-likeness (QED) is 0.375. The van der Waals surface area contributed by atoms with Crippen molar-refractivity contribution in [3.8, 4) is 5.88 Å². The summed E-state index contributed by atoms with van der Waals surface area (Å²) in [5.74, 6) is -1.40. The maximum Gasteiger partial charge on any atom is 0.328 e. The molecule has 0 radical (unpaired) electrons. The topological polar surface area (TPSA) is 123 Å². The maximum absolute atomic E-state index is 12.2. The number of para-hydroxylation sites is 1. The summed E-state index contributed by atoms with van der Waals surface area (Å²) in [5, 5.41) is 20.9. The average molecular weight is 398 g/mol. The molecule has 2 heterocycles. The van der Waals surface area contributed by atoms with Gasteiger partial charge in [0.15, 0.2) is 10.8 Å². The summed E-state index contributed by atoms with van der Waals surface area (Å²) in [6.07, 6.45) is 4.75. The molecular formula is C19H18N4O4S. The number of fused-ring (bicyclic) bond motifs is 1. The molecule has 1 aliphatic rings. The van der Waals surface area contributed by atoms with Crippen molar-refractivity contribution in [3.63, 3.8) is 0 Å². The number of aliphatic imine (C=N–C) groups is 1. The first-order valence-electron chi connectivity index (χ1n) is 8.84. The van der Waals surface area contributed by atoms with Crippen LogP contribution in [0.1, 0.15) is 30.0 Å². The Morgan fingerprint density at radius 3 is 2.86 bits per heavy atom. The maximum atomic E-state index is 12.2. The molecule has 3 aromatic rings. The van der Waals surface area contributed by atoms with Crippen LogP contribution in [0.5, 0.6) is 5.88 Å². The van der Waals surface area contributed by atoms with Gasteiger partial charge in [-0.1, -0.05) is 18.2 Å². The molecule has 4 rings (SSSR count). The molecule has 0 aliphatic heterocycles. The smallest absolute Gasteiger partial charge is 0.328 e. The molecule has 0 unspecified atom stereocenters. The number of aromatic amines is 2. The largest absolute Gasteiger partial charge is 0.494 e. The minimum Gasteiger partial charge on any atom is -0.494 e. The van der Waals surface area contributed by atoms with Crippen molar-refractivity contribution in [2.75, 3.05) is 0 Å². The number of hydrogen-bond acceptors (Lipinski definition) is 5. The summed E-state index contributed by atoms with van der Waals surface area (Å²) in [7, 11) is 0. The first kappa shape index (κ1) is 18.2. The van der Waals surface area contributed by atoms with E-state index in [-0.39, 0.29) is 28.7 Å². The number of aromatic nitrogens is 3. The summed E-state index contributed by atoms with van der Waals surface area (Å²) in [6.45, 7) is 0. The van der Waals surface area contributed by atoms with Crippen molar-refractivity contribution in [1.29, 1.82) is 0 Å². The third-order valence-corrected chi connectivity index (χ3v) is 5.12. The number of hydrogen-bond donors (Lipinski definition) is 4. The molecule has 1 saturated carbocycles. The first-order valence-corrected chi connectivity index (χ1v) is 9.25. The zero-order chi connectivity index (χ0) is 19.8. The molecule has 0 bridgehead atoms. The number of aromatic hydroxyl groups is 1. The van der Waals surface area contributed by atoms with Gasteiger partial charge in [-0.25, -0.2) is 4.79 Å². The lowest BCUT2D eigenvalue weighted by atomic mass is 10.1. The Balaban J connectivity index is 1.66. The Bertz CT molecular complexity index is 1200. The first-order chi connectivity index (χ1) is 13.5. The van der Waals surface area contributed by atoms with Crippen LogP contribution in [0.2, 0.25) is 0 Å².